The largest absolute Gasteiger partial charge is 0.374 e. The lowest BCUT2D eigenvalue weighted by Gasteiger charge is -2.32. The van der Waals surface area contributed by atoms with Crippen molar-refractivity contribution in [2.45, 2.75) is 26.1 Å². The zero-order chi connectivity index (χ0) is 17.2. The molecule has 0 saturated carbocycles. The maximum Gasteiger partial charge on any atom is 0.258 e. The molecule has 0 N–H and O–H groups in total. The lowest BCUT2D eigenvalue weighted by Crippen LogP contribution is -2.44. The third kappa shape index (κ3) is 3.47. The van der Waals surface area contributed by atoms with Crippen LogP contribution in [0.1, 0.15) is 11.3 Å². The molecule has 0 aliphatic carbocycles. The van der Waals surface area contributed by atoms with Gasteiger partial charge in [0.1, 0.15) is 5.65 Å². The molecule has 0 amide bonds. The van der Waals surface area contributed by atoms with Crippen LogP contribution in [0.4, 0.5) is 0 Å². The lowest BCUT2D eigenvalue weighted by molar-refractivity contribution is -0.0405. The molecule has 4 rings (SSSR count). The van der Waals surface area contributed by atoms with Gasteiger partial charge in [-0.3, -0.25) is 18.8 Å². The second kappa shape index (κ2) is 6.78. The molecule has 0 aromatic carbocycles. The molecule has 0 spiro atoms. The summed E-state index contributed by atoms with van der Waals surface area (Å²) < 4.78 is 9.33. The number of fused-ring (bicyclic) bond motifs is 1. The number of rotatable bonds is 4. The van der Waals surface area contributed by atoms with Crippen molar-refractivity contribution >= 4 is 5.65 Å². The van der Waals surface area contributed by atoms with E-state index in [2.05, 4.69) is 10.00 Å². The predicted molar refractivity (Wildman–Crippen MR) is 93.4 cm³/mol. The summed E-state index contributed by atoms with van der Waals surface area (Å²) in [7, 11) is 0. The van der Waals surface area contributed by atoms with Gasteiger partial charge in [0.15, 0.2) is 0 Å². The Morgan fingerprint density at radius 3 is 3.08 bits per heavy atom. The van der Waals surface area contributed by atoms with Gasteiger partial charge in [-0.1, -0.05) is 6.07 Å². The SMILES string of the molecule is Cc1cccn2c(=O)cc(CN3CCO[C@@H](Cn4cccn4)C3)nc12. The summed E-state index contributed by atoms with van der Waals surface area (Å²) >= 11 is 0. The molecule has 1 aliphatic heterocycles. The van der Waals surface area contributed by atoms with Crippen LogP contribution in [0.25, 0.3) is 5.65 Å². The van der Waals surface area contributed by atoms with Crippen LogP contribution in [0.5, 0.6) is 0 Å². The van der Waals surface area contributed by atoms with E-state index in [1.807, 2.05) is 36.0 Å². The fraction of sp³-hybridized carbons (Fsp3) is 0.389. The molecule has 25 heavy (non-hydrogen) atoms. The van der Waals surface area contributed by atoms with Gasteiger partial charge in [-0.15, -0.1) is 0 Å². The highest BCUT2D eigenvalue weighted by Crippen LogP contribution is 2.12. The number of morpholine rings is 1. The highest BCUT2D eigenvalue weighted by molar-refractivity contribution is 5.46. The van der Waals surface area contributed by atoms with Gasteiger partial charge >= 0.3 is 0 Å². The smallest absolute Gasteiger partial charge is 0.258 e. The van der Waals surface area contributed by atoms with E-state index in [0.717, 1.165) is 36.5 Å². The van der Waals surface area contributed by atoms with E-state index < -0.39 is 0 Å². The number of hydrogen-bond donors (Lipinski definition) is 0. The molecule has 3 aromatic heterocycles. The minimum Gasteiger partial charge on any atom is -0.374 e. The molecule has 1 atom stereocenters. The average molecular weight is 339 g/mol. The predicted octanol–water partition coefficient (Wildman–Crippen LogP) is 1.10. The van der Waals surface area contributed by atoms with Gasteiger partial charge < -0.3 is 4.74 Å². The summed E-state index contributed by atoms with van der Waals surface area (Å²) in [5, 5.41) is 4.24. The van der Waals surface area contributed by atoms with Crippen molar-refractivity contribution in [1.82, 2.24) is 24.1 Å². The first-order valence-electron chi connectivity index (χ1n) is 8.48. The van der Waals surface area contributed by atoms with Crippen LogP contribution in [0.3, 0.4) is 0 Å². The van der Waals surface area contributed by atoms with Crippen molar-refractivity contribution in [3.8, 4) is 0 Å². The van der Waals surface area contributed by atoms with Gasteiger partial charge in [0, 0.05) is 44.3 Å². The second-order valence-corrected chi connectivity index (χ2v) is 6.43. The van der Waals surface area contributed by atoms with Gasteiger partial charge in [0.05, 0.1) is 24.9 Å². The summed E-state index contributed by atoms with van der Waals surface area (Å²) in [6, 6.07) is 7.38. The van der Waals surface area contributed by atoms with Crippen molar-refractivity contribution in [3.05, 3.63) is 64.5 Å². The van der Waals surface area contributed by atoms with E-state index in [1.54, 1.807) is 22.9 Å². The Kier molecular flexibility index (Phi) is 4.33. The number of aryl methyl sites for hydroxylation is 1. The van der Waals surface area contributed by atoms with Crippen LogP contribution < -0.4 is 5.56 Å². The standard InChI is InChI=1S/C18H21N5O2/c1-14-4-2-7-23-17(24)10-15(20-18(14)23)11-21-8-9-25-16(12-21)13-22-6-3-5-19-22/h2-7,10,16H,8-9,11-13H2,1H3/t16-/m1/s1. The van der Waals surface area contributed by atoms with E-state index in [4.69, 9.17) is 9.72 Å². The first-order chi connectivity index (χ1) is 12.2. The lowest BCUT2D eigenvalue weighted by atomic mass is 10.2. The van der Waals surface area contributed by atoms with Crippen molar-refractivity contribution < 1.29 is 4.74 Å². The van der Waals surface area contributed by atoms with E-state index >= 15 is 0 Å². The van der Waals surface area contributed by atoms with Crippen molar-refractivity contribution in [3.63, 3.8) is 0 Å². The molecule has 0 unspecified atom stereocenters. The molecule has 4 heterocycles. The third-order valence-electron chi connectivity index (χ3n) is 4.50. The minimum atomic E-state index is -0.0370. The average Bonchev–Trinajstić information content (AvgIpc) is 3.09. The Bertz CT molecular complexity index is 919. The molecule has 0 radical (unpaired) electrons. The fourth-order valence-electron chi connectivity index (χ4n) is 3.27. The topological polar surface area (TPSA) is 64.7 Å². The molecule has 3 aromatic rings. The van der Waals surface area contributed by atoms with Crippen molar-refractivity contribution in [2.75, 3.05) is 19.7 Å². The van der Waals surface area contributed by atoms with Crippen LogP contribution in [-0.4, -0.2) is 49.9 Å². The molecular formula is C18H21N5O2. The van der Waals surface area contributed by atoms with Gasteiger partial charge in [-0.2, -0.15) is 5.10 Å². The summed E-state index contributed by atoms with van der Waals surface area (Å²) in [6.45, 7) is 5.67. The number of nitrogens with zero attached hydrogens (tertiary/aromatic N) is 5. The molecule has 1 saturated heterocycles. The van der Waals surface area contributed by atoms with Crippen LogP contribution in [-0.2, 0) is 17.8 Å². The van der Waals surface area contributed by atoms with Gasteiger partial charge in [0.25, 0.3) is 5.56 Å². The summed E-state index contributed by atoms with van der Waals surface area (Å²) in [4.78, 5) is 19.3. The normalized spacial score (nSPS) is 18.7. The zero-order valence-corrected chi connectivity index (χ0v) is 14.2. The van der Waals surface area contributed by atoms with Crippen LogP contribution >= 0.6 is 0 Å². The highest BCUT2D eigenvalue weighted by atomic mass is 16.5. The molecule has 130 valence electrons. The molecule has 7 heteroatoms. The molecule has 0 bridgehead atoms. The Morgan fingerprint density at radius 2 is 2.24 bits per heavy atom. The Hall–Kier alpha value is -2.51. The summed E-state index contributed by atoms with van der Waals surface area (Å²) in [5.41, 5.74) is 2.50. The van der Waals surface area contributed by atoms with E-state index in [9.17, 15) is 4.79 Å². The van der Waals surface area contributed by atoms with E-state index in [-0.39, 0.29) is 11.7 Å². The first-order valence-corrected chi connectivity index (χ1v) is 8.48. The maximum atomic E-state index is 12.3. The third-order valence-corrected chi connectivity index (χ3v) is 4.50. The molecular weight excluding hydrogens is 318 g/mol. The van der Waals surface area contributed by atoms with Crippen LogP contribution in [0.15, 0.2) is 47.7 Å². The monoisotopic (exact) mass is 339 g/mol. The number of hydrogen-bond acceptors (Lipinski definition) is 5. The quantitative estimate of drug-likeness (QED) is 0.712. The maximum absolute atomic E-state index is 12.3. The highest BCUT2D eigenvalue weighted by Gasteiger charge is 2.21. The fourth-order valence-corrected chi connectivity index (χ4v) is 3.27. The summed E-state index contributed by atoms with van der Waals surface area (Å²) in [5.74, 6) is 0. The number of pyridine rings is 1. The Labute approximate surface area is 145 Å². The summed E-state index contributed by atoms with van der Waals surface area (Å²) in [6.07, 6.45) is 5.57. The Balaban J connectivity index is 1.50. The zero-order valence-electron chi connectivity index (χ0n) is 14.2. The molecule has 7 nitrogen and oxygen atoms in total. The number of ether oxygens (including phenoxy) is 1. The van der Waals surface area contributed by atoms with Crippen molar-refractivity contribution in [1.29, 1.82) is 0 Å². The molecule has 1 aliphatic rings. The van der Waals surface area contributed by atoms with Gasteiger partial charge in [0.2, 0.25) is 0 Å². The first kappa shape index (κ1) is 16.0. The minimum absolute atomic E-state index is 0.0370. The number of aromatic nitrogens is 4. The van der Waals surface area contributed by atoms with Gasteiger partial charge in [-0.25, -0.2) is 4.98 Å². The van der Waals surface area contributed by atoms with E-state index in [1.165, 1.54) is 0 Å². The second-order valence-electron chi connectivity index (χ2n) is 6.43. The van der Waals surface area contributed by atoms with E-state index in [0.29, 0.717) is 13.2 Å². The Morgan fingerprint density at radius 1 is 1.32 bits per heavy atom. The van der Waals surface area contributed by atoms with Crippen molar-refractivity contribution in [2.24, 2.45) is 0 Å². The van der Waals surface area contributed by atoms with Gasteiger partial charge in [-0.05, 0) is 24.6 Å². The van der Waals surface area contributed by atoms with Crippen LogP contribution in [0.2, 0.25) is 0 Å². The van der Waals surface area contributed by atoms with Crippen LogP contribution in [0, 0.1) is 6.92 Å². The molecule has 1 fully saturated rings.